The van der Waals surface area contributed by atoms with Gasteiger partial charge in [0, 0.05) is 41.1 Å². The molecule has 1 spiro atoms. The number of hydrogen-bond acceptors (Lipinski definition) is 2. The number of benzene rings is 1. The summed E-state index contributed by atoms with van der Waals surface area (Å²) in [5.41, 5.74) is 1.35. The van der Waals surface area contributed by atoms with E-state index in [1.807, 2.05) is 12.1 Å². The van der Waals surface area contributed by atoms with E-state index in [-0.39, 0.29) is 5.41 Å². The zero-order chi connectivity index (χ0) is 15.0. The van der Waals surface area contributed by atoms with Gasteiger partial charge in [0.1, 0.15) is 0 Å². The number of hydrogen-bond donors (Lipinski definition) is 2. The molecule has 1 aromatic carbocycles. The molecule has 21 heavy (non-hydrogen) atoms. The molecule has 2 saturated heterocycles. The summed E-state index contributed by atoms with van der Waals surface area (Å²) in [5, 5.41) is 13.8. The van der Waals surface area contributed by atoms with Gasteiger partial charge in [-0.25, -0.2) is 4.79 Å². The van der Waals surface area contributed by atoms with E-state index < -0.39 is 6.09 Å². The first-order chi connectivity index (χ1) is 9.98. The van der Waals surface area contributed by atoms with Crippen molar-refractivity contribution in [2.45, 2.75) is 25.3 Å². The first-order valence-corrected chi connectivity index (χ1v) is 7.90. The first-order valence-electron chi connectivity index (χ1n) is 7.15. The molecule has 2 N–H and O–H groups in total. The molecular weight excluding hydrogens is 311 g/mol. The van der Waals surface area contributed by atoms with Crippen molar-refractivity contribution in [3.8, 4) is 0 Å². The summed E-state index contributed by atoms with van der Waals surface area (Å²) in [6.45, 7) is 2.23. The minimum Gasteiger partial charge on any atom is -0.465 e. The second-order valence-electron chi connectivity index (χ2n) is 6.05. The van der Waals surface area contributed by atoms with E-state index in [0.717, 1.165) is 31.4 Å². The molecular formula is C15H18Cl2N2O2. The third kappa shape index (κ3) is 2.98. The maximum Gasteiger partial charge on any atom is 0.407 e. The van der Waals surface area contributed by atoms with Crippen molar-refractivity contribution in [3.05, 3.63) is 33.8 Å². The molecule has 0 bridgehead atoms. The molecule has 2 fully saturated rings. The minimum atomic E-state index is -0.810. The van der Waals surface area contributed by atoms with Crippen LogP contribution in [0.1, 0.15) is 18.4 Å². The highest BCUT2D eigenvalue weighted by Crippen LogP contribution is 2.42. The quantitative estimate of drug-likeness (QED) is 0.876. The number of rotatable bonds is 2. The van der Waals surface area contributed by atoms with Gasteiger partial charge in [-0.1, -0.05) is 23.2 Å². The fraction of sp³-hybridized carbons (Fsp3) is 0.533. The van der Waals surface area contributed by atoms with Crippen LogP contribution in [-0.4, -0.2) is 41.8 Å². The Morgan fingerprint density at radius 1 is 1.29 bits per heavy atom. The standard InChI is InChI=1S/C15H18Cl2N2O2/c16-11-5-10(6-12(17)8-11)7-13-15(9-18-13)1-3-19(4-2-15)14(20)21/h5-6,8,13,18H,1-4,7,9H2,(H,20,21). The summed E-state index contributed by atoms with van der Waals surface area (Å²) in [6.07, 6.45) is 1.92. The van der Waals surface area contributed by atoms with Gasteiger partial charge in [-0.2, -0.15) is 0 Å². The normalized spacial score (nSPS) is 23.9. The van der Waals surface area contributed by atoms with Crippen molar-refractivity contribution in [2.24, 2.45) is 5.41 Å². The molecule has 1 unspecified atom stereocenters. The van der Waals surface area contributed by atoms with Crippen molar-refractivity contribution in [2.75, 3.05) is 19.6 Å². The van der Waals surface area contributed by atoms with Crippen molar-refractivity contribution in [3.63, 3.8) is 0 Å². The van der Waals surface area contributed by atoms with Crippen molar-refractivity contribution in [1.29, 1.82) is 0 Å². The number of carbonyl (C=O) groups is 1. The number of amides is 1. The summed E-state index contributed by atoms with van der Waals surface area (Å²) in [7, 11) is 0. The number of piperidine rings is 1. The molecule has 2 aliphatic heterocycles. The number of nitrogens with one attached hydrogen (secondary N) is 1. The minimum absolute atomic E-state index is 0.223. The van der Waals surface area contributed by atoms with E-state index in [1.165, 1.54) is 4.90 Å². The van der Waals surface area contributed by atoms with E-state index in [1.54, 1.807) is 6.07 Å². The van der Waals surface area contributed by atoms with Gasteiger partial charge >= 0.3 is 6.09 Å². The van der Waals surface area contributed by atoms with Gasteiger partial charge in [0.25, 0.3) is 0 Å². The van der Waals surface area contributed by atoms with E-state index in [0.29, 0.717) is 29.2 Å². The third-order valence-electron chi connectivity index (χ3n) is 4.83. The molecule has 0 aliphatic carbocycles. The van der Waals surface area contributed by atoms with Gasteiger partial charge in [-0.3, -0.25) is 0 Å². The lowest BCUT2D eigenvalue weighted by Crippen LogP contribution is -2.66. The second kappa shape index (κ2) is 5.67. The van der Waals surface area contributed by atoms with E-state index >= 15 is 0 Å². The summed E-state index contributed by atoms with van der Waals surface area (Å²) in [4.78, 5) is 12.5. The number of nitrogens with zero attached hydrogens (tertiary/aromatic N) is 1. The Morgan fingerprint density at radius 3 is 2.38 bits per heavy atom. The highest BCUT2D eigenvalue weighted by Gasteiger charge is 2.48. The maximum absolute atomic E-state index is 11.0. The largest absolute Gasteiger partial charge is 0.465 e. The highest BCUT2D eigenvalue weighted by atomic mass is 35.5. The number of carboxylic acid groups (broad SMARTS) is 1. The molecule has 1 aromatic rings. The summed E-state index contributed by atoms with van der Waals surface area (Å²) in [6, 6.07) is 6.02. The molecule has 0 aromatic heterocycles. The van der Waals surface area contributed by atoms with Gasteiger partial charge in [0.2, 0.25) is 0 Å². The topological polar surface area (TPSA) is 52.6 Å². The van der Waals surface area contributed by atoms with Gasteiger partial charge in [0.05, 0.1) is 0 Å². The molecule has 1 atom stereocenters. The van der Waals surface area contributed by atoms with Crippen molar-refractivity contribution >= 4 is 29.3 Å². The predicted molar refractivity (Wildman–Crippen MR) is 83.2 cm³/mol. The molecule has 1 amide bonds. The second-order valence-corrected chi connectivity index (χ2v) is 6.92. The van der Waals surface area contributed by atoms with Crippen LogP contribution in [0.2, 0.25) is 10.0 Å². The van der Waals surface area contributed by atoms with Gasteiger partial charge in [-0.05, 0) is 43.0 Å². The van der Waals surface area contributed by atoms with Crippen LogP contribution < -0.4 is 5.32 Å². The Kier molecular flexibility index (Phi) is 4.04. The lowest BCUT2D eigenvalue weighted by Gasteiger charge is -2.54. The van der Waals surface area contributed by atoms with Crippen LogP contribution >= 0.6 is 23.2 Å². The average molecular weight is 329 g/mol. The zero-order valence-corrected chi connectivity index (χ0v) is 13.1. The highest BCUT2D eigenvalue weighted by molar-refractivity contribution is 6.34. The van der Waals surface area contributed by atoms with Gasteiger partial charge < -0.3 is 15.3 Å². The van der Waals surface area contributed by atoms with Crippen LogP contribution in [0.15, 0.2) is 18.2 Å². The van der Waals surface area contributed by atoms with E-state index in [2.05, 4.69) is 5.32 Å². The van der Waals surface area contributed by atoms with Crippen LogP contribution in [0.25, 0.3) is 0 Å². The molecule has 2 heterocycles. The molecule has 0 radical (unpaired) electrons. The Labute approximate surface area is 134 Å². The summed E-state index contributed by atoms with van der Waals surface area (Å²) >= 11 is 12.1. The molecule has 4 nitrogen and oxygen atoms in total. The molecule has 114 valence electrons. The van der Waals surface area contributed by atoms with Crippen LogP contribution in [0.4, 0.5) is 4.79 Å². The maximum atomic E-state index is 11.0. The Hall–Kier alpha value is -0.970. The van der Waals surface area contributed by atoms with Gasteiger partial charge in [0.15, 0.2) is 0 Å². The van der Waals surface area contributed by atoms with Crippen LogP contribution in [0.3, 0.4) is 0 Å². The fourth-order valence-corrected chi connectivity index (χ4v) is 4.03. The van der Waals surface area contributed by atoms with Gasteiger partial charge in [-0.15, -0.1) is 0 Å². The summed E-state index contributed by atoms with van der Waals surface area (Å²) < 4.78 is 0. The number of likely N-dealkylation sites (tertiary alicyclic amines) is 1. The molecule has 6 heteroatoms. The molecule has 2 aliphatic rings. The van der Waals surface area contributed by atoms with E-state index in [4.69, 9.17) is 28.3 Å². The first kappa shape index (κ1) is 14.9. The van der Waals surface area contributed by atoms with Crippen LogP contribution in [-0.2, 0) is 6.42 Å². The van der Waals surface area contributed by atoms with Crippen molar-refractivity contribution in [1.82, 2.24) is 10.2 Å². The zero-order valence-electron chi connectivity index (χ0n) is 11.6. The third-order valence-corrected chi connectivity index (χ3v) is 5.27. The summed E-state index contributed by atoms with van der Waals surface area (Å²) in [5.74, 6) is 0. The Balaban J connectivity index is 1.66. The van der Waals surface area contributed by atoms with E-state index in [9.17, 15) is 4.79 Å². The molecule has 3 rings (SSSR count). The Morgan fingerprint density at radius 2 is 1.90 bits per heavy atom. The Bertz CT molecular complexity index is 536. The lowest BCUT2D eigenvalue weighted by atomic mass is 9.65. The van der Waals surface area contributed by atoms with Crippen LogP contribution in [0.5, 0.6) is 0 Å². The smallest absolute Gasteiger partial charge is 0.407 e. The SMILES string of the molecule is O=C(O)N1CCC2(CC1)CNC2Cc1cc(Cl)cc(Cl)c1. The predicted octanol–water partition coefficient (Wildman–Crippen LogP) is 3.27. The lowest BCUT2D eigenvalue weighted by molar-refractivity contribution is 0.00834. The molecule has 0 saturated carbocycles. The monoisotopic (exact) mass is 328 g/mol. The fourth-order valence-electron chi connectivity index (χ4n) is 3.46. The van der Waals surface area contributed by atoms with Crippen molar-refractivity contribution < 1.29 is 9.90 Å². The number of halogens is 2. The average Bonchev–Trinajstić information content (AvgIpc) is 2.43. The van der Waals surface area contributed by atoms with Crippen LogP contribution in [0, 0.1) is 5.41 Å².